The minimum absolute atomic E-state index is 0.386. The minimum atomic E-state index is 0.386. The summed E-state index contributed by atoms with van der Waals surface area (Å²) in [7, 11) is 1.72. The summed E-state index contributed by atoms with van der Waals surface area (Å²) in [5.74, 6) is 1.82. The van der Waals surface area contributed by atoms with Crippen LogP contribution in [0.4, 0.5) is 0 Å². The van der Waals surface area contributed by atoms with Gasteiger partial charge in [0, 0.05) is 12.1 Å². The van der Waals surface area contributed by atoms with Crippen molar-refractivity contribution in [1.29, 1.82) is 0 Å². The van der Waals surface area contributed by atoms with Gasteiger partial charge in [-0.1, -0.05) is 32.9 Å². The maximum Gasteiger partial charge on any atom is 0.118 e. The molecule has 4 atom stereocenters. The Morgan fingerprint density at radius 1 is 1.19 bits per heavy atom. The molecule has 2 saturated carbocycles. The molecule has 0 spiro atoms. The number of ether oxygens (including phenoxy) is 1. The van der Waals surface area contributed by atoms with Crippen LogP contribution in [-0.4, -0.2) is 13.2 Å². The molecule has 0 amide bonds. The molecule has 2 heteroatoms. The van der Waals surface area contributed by atoms with Crippen LogP contribution in [0.15, 0.2) is 24.3 Å². The SMILES string of the molecule is COc1ccc([C@@H](C)NC2C(C)(C)[C@H]3CC[C@]2(C)C3)cc1. The largest absolute Gasteiger partial charge is 0.497 e. The van der Waals surface area contributed by atoms with Crippen molar-refractivity contribution in [2.75, 3.05) is 7.11 Å². The van der Waals surface area contributed by atoms with Gasteiger partial charge in [0.05, 0.1) is 7.11 Å². The lowest BCUT2D eigenvalue weighted by Gasteiger charge is -2.44. The van der Waals surface area contributed by atoms with E-state index in [0.29, 0.717) is 22.9 Å². The molecule has 2 bridgehead atoms. The third kappa shape index (κ3) is 2.38. The van der Waals surface area contributed by atoms with Crippen LogP contribution in [0.1, 0.15) is 58.6 Å². The third-order valence-electron chi connectivity index (χ3n) is 6.30. The fraction of sp³-hybridized carbons (Fsp3) is 0.684. The zero-order valence-electron chi connectivity index (χ0n) is 14.1. The van der Waals surface area contributed by atoms with Crippen LogP contribution in [-0.2, 0) is 0 Å². The number of hydrogen-bond donors (Lipinski definition) is 1. The van der Waals surface area contributed by atoms with Gasteiger partial charge >= 0.3 is 0 Å². The van der Waals surface area contributed by atoms with E-state index in [2.05, 4.69) is 57.3 Å². The van der Waals surface area contributed by atoms with Crippen LogP contribution >= 0.6 is 0 Å². The van der Waals surface area contributed by atoms with Crippen molar-refractivity contribution in [3.05, 3.63) is 29.8 Å². The highest BCUT2D eigenvalue weighted by molar-refractivity contribution is 5.29. The van der Waals surface area contributed by atoms with Gasteiger partial charge in [0.25, 0.3) is 0 Å². The molecule has 116 valence electrons. The molecule has 1 N–H and O–H groups in total. The first-order valence-electron chi connectivity index (χ1n) is 8.27. The summed E-state index contributed by atoms with van der Waals surface area (Å²) in [6.07, 6.45) is 4.19. The van der Waals surface area contributed by atoms with Crippen molar-refractivity contribution in [2.45, 2.75) is 59.0 Å². The van der Waals surface area contributed by atoms with Crippen molar-refractivity contribution < 1.29 is 4.74 Å². The first-order chi connectivity index (χ1) is 9.87. The molecule has 0 aliphatic heterocycles. The molecule has 0 heterocycles. The summed E-state index contributed by atoms with van der Waals surface area (Å²) in [6, 6.07) is 9.47. The van der Waals surface area contributed by atoms with Crippen LogP contribution < -0.4 is 10.1 Å². The van der Waals surface area contributed by atoms with Gasteiger partial charge in [-0.3, -0.25) is 0 Å². The van der Waals surface area contributed by atoms with Crippen LogP contribution in [0.25, 0.3) is 0 Å². The Hall–Kier alpha value is -1.02. The zero-order chi connectivity index (χ0) is 15.3. The monoisotopic (exact) mass is 287 g/mol. The zero-order valence-corrected chi connectivity index (χ0v) is 14.1. The van der Waals surface area contributed by atoms with E-state index in [0.717, 1.165) is 11.7 Å². The Morgan fingerprint density at radius 3 is 2.38 bits per heavy atom. The molecule has 1 unspecified atom stereocenters. The van der Waals surface area contributed by atoms with Crippen LogP contribution in [0.2, 0.25) is 0 Å². The lowest BCUT2D eigenvalue weighted by molar-refractivity contribution is 0.100. The first kappa shape index (κ1) is 14.9. The molecule has 1 aromatic carbocycles. The summed E-state index contributed by atoms with van der Waals surface area (Å²) in [6.45, 7) is 9.69. The van der Waals surface area contributed by atoms with Crippen molar-refractivity contribution in [1.82, 2.24) is 5.32 Å². The van der Waals surface area contributed by atoms with Gasteiger partial charge in [0.1, 0.15) is 5.75 Å². The average Bonchev–Trinajstić information content (AvgIpc) is 2.94. The molecule has 2 aliphatic carbocycles. The molecule has 0 saturated heterocycles. The van der Waals surface area contributed by atoms with E-state index >= 15 is 0 Å². The third-order valence-corrected chi connectivity index (χ3v) is 6.30. The molecule has 21 heavy (non-hydrogen) atoms. The molecule has 1 aromatic rings. The second kappa shape index (κ2) is 5.01. The number of hydrogen-bond acceptors (Lipinski definition) is 2. The van der Waals surface area contributed by atoms with E-state index in [-0.39, 0.29) is 0 Å². The Kier molecular flexibility index (Phi) is 3.56. The molecule has 0 aromatic heterocycles. The van der Waals surface area contributed by atoms with Gasteiger partial charge in [-0.25, -0.2) is 0 Å². The molecule has 2 fully saturated rings. The second-order valence-electron chi connectivity index (χ2n) is 8.01. The lowest BCUT2D eigenvalue weighted by Crippen LogP contribution is -2.50. The standard InChI is InChI=1S/C19H29NO/c1-13(14-6-8-16(21-5)9-7-14)20-17-18(2,3)15-10-11-19(17,4)12-15/h6-9,13,15,17,20H,10-12H2,1-5H3/t13-,15+,17?,19-/m1/s1. The van der Waals surface area contributed by atoms with Gasteiger partial charge < -0.3 is 10.1 Å². The van der Waals surface area contributed by atoms with Crippen molar-refractivity contribution in [3.63, 3.8) is 0 Å². The van der Waals surface area contributed by atoms with Gasteiger partial charge in [-0.15, -0.1) is 0 Å². The maximum absolute atomic E-state index is 5.25. The van der Waals surface area contributed by atoms with Crippen molar-refractivity contribution in [3.8, 4) is 5.75 Å². The van der Waals surface area contributed by atoms with Crippen LogP contribution in [0.5, 0.6) is 5.75 Å². The van der Waals surface area contributed by atoms with Crippen molar-refractivity contribution >= 4 is 0 Å². The number of rotatable bonds is 4. The maximum atomic E-state index is 5.25. The highest BCUT2D eigenvalue weighted by atomic mass is 16.5. The predicted molar refractivity (Wildman–Crippen MR) is 87.6 cm³/mol. The molecular weight excluding hydrogens is 258 g/mol. The van der Waals surface area contributed by atoms with E-state index < -0.39 is 0 Å². The smallest absolute Gasteiger partial charge is 0.118 e. The van der Waals surface area contributed by atoms with E-state index in [4.69, 9.17) is 4.74 Å². The number of benzene rings is 1. The first-order valence-corrected chi connectivity index (χ1v) is 8.27. The highest BCUT2D eigenvalue weighted by Crippen LogP contribution is 2.62. The topological polar surface area (TPSA) is 21.3 Å². The molecule has 0 radical (unpaired) electrons. The van der Waals surface area contributed by atoms with Gasteiger partial charge in [-0.05, 0) is 60.6 Å². The summed E-state index contributed by atoms with van der Waals surface area (Å²) >= 11 is 0. The molecule has 2 aliphatic rings. The van der Waals surface area contributed by atoms with Crippen LogP contribution in [0.3, 0.4) is 0 Å². The molecule has 3 rings (SSSR count). The number of fused-ring (bicyclic) bond motifs is 2. The lowest BCUT2D eigenvalue weighted by atomic mass is 9.68. The van der Waals surface area contributed by atoms with Crippen LogP contribution in [0, 0.1) is 16.7 Å². The average molecular weight is 287 g/mol. The Balaban J connectivity index is 1.76. The Morgan fingerprint density at radius 2 is 1.86 bits per heavy atom. The molecule has 2 nitrogen and oxygen atoms in total. The normalized spacial score (nSPS) is 34.9. The predicted octanol–water partition coefficient (Wildman–Crippen LogP) is 4.56. The van der Waals surface area contributed by atoms with E-state index in [1.807, 2.05) is 0 Å². The van der Waals surface area contributed by atoms with Gasteiger partial charge in [-0.2, -0.15) is 0 Å². The van der Waals surface area contributed by atoms with E-state index in [9.17, 15) is 0 Å². The van der Waals surface area contributed by atoms with Crippen molar-refractivity contribution in [2.24, 2.45) is 16.7 Å². The Bertz CT molecular complexity index is 502. The number of nitrogens with one attached hydrogen (secondary N) is 1. The summed E-state index contributed by atoms with van der Waals surface area (Å²) < 4.78 is 5.25. The second-order valence-corrected chi connectivity index (χ2v) is 8.01. The molecular formula is C19H29NO. The number of methoxy groups -OCH3 is 1. The van der Waals surface area contributed by atoms with E-state index in [1.54, 1.807) is 7.11 Å². The van der Waals surface area contributed by atoms with Gasteiger partial charge in [0.15, 0.2) is 0 Å². The fourth-order valence-electron chi connectivity index (χ4n) is 4.96. The summed E-state index contributed by atoms with van der Waals surface area (Å²) in [4.78, 5) is 0. The summed E-state index contributed by atoms with van der Waals surface area (Å²) in [5, 5.41) is 3.95. The van der Waals surface area contributed by atoms with Gasteiger partial charge in [0.2, 0.25) is 0 Å². The minimum Gasteiger partial charge on any atom is -0.497 e. The van der Waals surface area contributed by atoms with E-state index in [1.165, 1.54) is 24.8 Å². The Labute approximate surface area is 129 Å². The quantitative estimate of drug-likeness (QED) is 0.876. The summed E-state index contributed by atoms with van der Waals surface area (Å²) in [5.41, 5.74) is 2.24. The highest BCUT2D eigenvalue weighted by Gasteiger charge is 2.59. The fourth-order valence-corrected chi connectivity index (χ4v) is 4.96.